The molecule has 0 saturated heterocycles. The third-order valence-corrected chi connectivity index (χ3v) is 3.30. The second-order valence-corrected chi connectivity index (χ2v) is 5.46. The highest BCUT2D eigenvalue weighted by molar-refractivity contribution is 9.10. The molecule has 2 aromatic rings. The molecule has 0 unspecified atom stereocenters. The van der Waals surface area contributed by atoms with Gasteiger partial charge in [0.05, 0.1) is 6.26 Å². The molecule has 0 radical (unpaired) electrons. The van der Waals surface area contributed by atoms with E-state index in [-0.39, 0.29) is 11.5 Å². The van der Waals surface area contributed by atoms with Crippen LogP contribution in [0.3, 0.4) is 0 Å². The lowest BCUT2D eigenvalue weighted by Crippen LogP contribution is -2.34. The zero-order valence-corrected chi connectivity index (χ0v) is 13.8. The fourth-order valence-corrected chi connectivity index (χ4v) is 2.19. The summed E-state index contributed by atoms with van der Waals surface area (Å²) in [6.45, 7) is 3.84. The van der Waals surface area contributed by atoms with Crippen molar-refractivity contribution in [1.82, 2.24) is 10.6 Å². The van der Waals surface area contributed by atoms with Crippen molar-refractivity contribution in [3.63, 3.8) is 0 Å². The summed E-state index contributed by atoms with van der Waals surface area (Å²) in [5.41, 5.74) is 0.884. The first-order chi connectivity index (χ1) is 11.1. The Morgan fingerprint density at radius 2 is 2.09 bits per heavy atom. The van der Waals surface area contributed by atoms with Crippen LogP contribution in [0.25, 0.3) is 6.08 Å². The van der Waals surface area contributed by atoms with Crippen molar-refractivity contribution in [3.8, 4) is 0 Å². The normalized spacial score (nSPS) is 10.9. The predicted octanol–water partition coefficient (Wildman–Crippen LogP) is 3.12. The van der Waals surface area contributed by atoms with Crippen LogP contribution < -0.4 is 10.6 Å². The number of benzene rings is 1. The zero-order valence-electron chi connectivity index (χ0n) is 12.2. The maximum absolute atomic E-state index is 12.2. The molecule has 1 aromatic carbocycles. The average molecular weight is 375 g/mol. The van der Waals surface area contributed by atoms with E-state index in [4.69, 9.17) is 4.42 Å². The van der Waals surface area contributed by atoms with Gasteiger partial charge in [0.25, 0.3) is 11.8 Å². The summed E-state index contributed by atoms with van der Waals surface area (Å²) >= 11 is 3.37. The predicted molar refractivity (Wildman–Crippen MR) is 91.5 cm³/mol. The highest BCUT2D eigenvalue weighted by Crippen LogP contribution is 2.14. The molecule has 0 saturated carbocycles. The van der Waals surface area contributed by atoms with Gasteiger partial charge in [0, 0.05) is 11.0 Å². The van der Waals surface area contributed by atoms with Gasteiger partial charge in [-0.15, -0.1) is 6.58 Å². The summed E-state index contributed by atoms with van der Waals surface area (Å²) in [5.74, 6) is -0.781. The van der Waals surface area contributed by atoms with Crippen LogP contribution in [0.2, 0.25) is 0 Å². The Labute approximate surface area is 142 Å². The quantitative estimate of drug-likeness (QED) is 0.602. The third-order valence-electron chi connectivity index (χ3n) is 2.80. The van der Waals surface area contributed by atoms with Crippen LogP contribution in [0.1, 0.15) is 16.1 Å². The number of furan rings is 1. The Balaban J connectivity index is 2.25. The van der Waals surface area contributed by atoms with Crippen LogP contribution in [-0.4, -0.2) is 18.4 Å². The number of nitrogens with one attached hydrogen (secondary N) is 2. The Bertz CT molecular complexity index is 736. The van der Waals surface area contributed by atoms with Crippen molar-refractivity contribution >= 4 is 33.8 Å². The Morgan fingerprint density at radius 3 is 2.74 bits per heavy atom. The SMILES string of the molecule is C=CCNC(=O)C(=Cc1cccc(Br)c1)NC(=O)c1ccco1. The molecule has 2 N–H and O–H groups in total. The molecule has 0 atom stereocenters. The van der Waals surface area contributed by atoms with Crippen LogP contribution in [-0.2, 0) is 4.79 Å². The van der Waals surface area contributed by atoms with Crippen molar-refractivity contribution in [1.29, 1.82) is 0 Å². The van der Waals surface area contributed by atoms with Gasteiger partial charge in [-0.1, -0.05) is 34.1 Å². The Morgan fingerprint density at radius 1 is 1.26 bits per heavy atom. The molecule has 5 nitrogen and oxygen atoms in total. The summed E-state index contributed by atoms with van der Waals surface area (Å²) in [6, 6.07) is 10.5. The van der Waals surface area contributed by atoms with Gasteiger partial charge in [-0.2, -0.15) is 0 Å². The van der Waals surface area contributed by atoms with Crippen molar-refractivity contribution in [2.45, 2.75) is 0 Å². The molecule has 0 fully saturated rings. The lowest BCUT2D eigenvalue weighted by Gasteiger charge is -2.09. The third kappa shape index (κ3) is 4.96. The molecule has 118 valence electrons. The Kier molecular flexibility index (Phi) is 5.94. The number of hydrogen-bond donors (Lipinski definition) is 2. The summed E-state index contributed by atoms with van der Waals surface area (Å²) in [7, 11) is 0. The number of halogens is 1. The molecule has 0 aliphatic heterocycles. The molecule has 1 aromatic heterocycles. The highest BCUT2D eigenvalue weighted by Gasteiger charge is 2.15. The highest BCUT2D eigenvalue weighted by atomic mass is 79.9. The number of carbonyl (C=O) groups is 2. The maximum Gasteiger partial charge on any atom is 0.291 e. The van der Waals surface area contributed by atoms with Gasteiger partial charge in [-0.25, -0.2) is 0 Å². The van der Waals surface area contributed by atoms with Crippen molar-refractivity contribution in [3.05, 3.63) is 76.8 Å². The van der Waals surface area contributed by atoms with Gasteiger partial charge in [0.15, 0.2) is 5.76 Å². The van der Waals surface area contributed by atoms with Gasteiger partial charge in [0.1, 0.15) is 5.70 Å². The molecule has 0 bridgehead atoms. The molecule has 2 amide bonds. The average Bonchev–Trinajstić information content (AvgIpc) is 3.06. The number of rotatable bonds is 6. The van der Waals surface area contributed by atoms with Crippen LogP contribution >= 0.6 is 15.9 Å². The molecular formula is C17H15BrN2O3. The van der Waals surface area contributed by atoms with Gasteiger partial charge >= 0.3 is 0 Å². The van der Waals surface area contributed by atoms with Crippen LogP contribution in [0.5, 0.6) is 0 Å². The molecule has 6 heteroatoms. The van der Waals surface area contributed by atoms with E-state index in [2.05, 4.69) is 33.1 Å². The lowest BCUT2D eigenvalue weighted by atomic mass is 10.2. The van der Waals surface area contributed by atoms with Gasteiger partial charge in [-0.05, 0) is 35.9 Å². The smallest absolute Gasteiger partial charge is 0.291 e. The number of amides is 2. The minimum atomic E-state index is -0.495. The van der Waals surface area contributed by atoms with Gasteiger partial charge < -0.3 is 15.1 Å². The second kappa shape index (κ2) is 8.14. The topological polar surface area (TPSA) is 71.3 Å². The van der Waals surface area contributed by atoms with Crippen molar-refractivity contribution in [2.75, 3.05) is 6.54 Å². The van der Waals surface area contributed by atoms with E-state index in [1.54, 1.807) is 18.2 Å². The molecule has 0 spiro atoms. The van der Waals surface area contributed by atoms with E-state index >= 15 is 0 Å². The van der Waals surface area contributed by atoms with E-state index in [0.717, 1.165) is 10.0 Å². The van der Waals surface area contributed by atoms with E-state index in [1.807, 2.05) is 24.3 Å². The summed E-state index contributed by atoms with van der Waals surface area (Å²) in [5, 5.41) is 5.20. The van der Waals surface area contributed by atoms with Gasteiger partial charge in [0.2, 0.25) is 0 Å². The minimum Gasteiger partial charge on any atom is -0.459 e. The molecule has 23 heavy (non-hydrogen) atoms. The first kappa shape index (κ1) is 16.8. The maximum atomic E-state index is 12.2. The molecule has 0 aliphatic carbocycles. The standard InChI is InChI=1S/C17H15BrN2O3/c1-2-8-19-16(21)14(11-12-5-3-6-13(18)10-12)20-17(22)15-7-4-9-23-15/h2-7,9-11H,1,8H2,(H,19,21)(H,20,22). The second-order valence-electron chi connectivity index (χ2n) is 4.54. The summed E-state index contributed by atoms with van der Waals surface area (Å²) in [6.07, 6.45) is 4.54. The minimum absolute atomic E-state index is 0.117. The monoisotopic (exact) mass is 374 g/mol. The largest absolute Gasteiger partial charge is 0.459 e. The van der Waals surface area contributed by atoms with Crippen molar-refractivity contribution in [2.24, 2.45) is 0 Å². The van der Waals surface area contributed by atoms with E-state index in [0.29, 0.717) is 6.54 Å². The van der Waals surface area contributed by atoms with Gasteiger partial charge in [-0.3, -0.25) is 9.59 Å². The van der Waals surface area contributed by atoms with Crippen LogP contribution in [0.4, 0.5) is 0 Å². The lowest BCUT2D eigenvalue weighted by molar-refractivity contribution is -0.117. The fourth-order valence-electron chi connectivity index (χ4n) is 1.77. The first-order valence-corrected chi connectivity index (χ1v) is 7.60. The first-order valence-electron chi connectivity index (χ1n) is 6.81. The Hall–Kier alpha value is -2.60. The molecule has 2 rings (SSSR count). The summed E-state index contributed by atoms with van der Waals surface area (Å²) in [4.78, 5) is 24.3. The van der Waals surface area contributed by atoms with Crippen LogP contribution in [0, 0.1) is 0 Å². The molecule has 0 aliphatic rings. The van der Waals surface area contributed by atoms with Crippen LogP contribution in [0.15, 0.2) is 69.9 Å². The molecular weight excluding hydrogens is 360 g/mol. The summed E-state index contributed by atoms with van der Waals surface area (Å²) < 4.78 is 5.90. The van der Waals surface area contributed by atoms with Crippen molar-refractivity contribution < 1.29 is 14.0 Å². The number of hydrogen-bond acceptors (Lipinski definition) is 3. The zero-order chi connectivity index (χ0) is 16.7. The number of carbonyl (C=O) groups excluding carboxylic acids is 2. The van der Waals surface area contributed by atoms with E-state index in [9.17, 15) is 9.59 Å². The van der Waals surface area contributed by atoms with E-state index < -0.39 is 11.8 Å². The van der Waals surface area contributed by atoms with E-state index in [1.165, 1.54) is 12.3 Å². The fraction of sp³-hybridized carbons (Fsp3) is 0.0588. The molecule has 1 heterocycles.